The third kappa shape index (κ3) is 6.12. The molecule has 0 N–H and O–H groups in total. The molecule has 0 spiro atoms. The largest absolute Gasteiger partial charge is 0.462 e. The highest BCUT2D eigenvalue weighted by molar-refractivity contribution is 6.00. The lowest BCUT2D eigenvalue weighted by atomic mass is 10.1. The van der Waals surface area contributed by atoms with Crippen molar-refractivity contribution in [3.8, 4) is 6.07 Å². The first-order valence-corrected chi connectivity index (χ1v) is 9.69. The first-order chi connectivity index (χ1) is 15.3. The molecule has 0 aliphatic heterocycles. The van der Waals surface area contributed by atoms with Gasteiger partial charge in [0.15, 0.2) is 6.10 Å². The van der Waals surface area contributed by atoms with E-state index in [0.717, 1.165) is 18.2 Å². The van der Waals surface area contributed by atoms with Crippen molar-refractivity contribution in [1.82, 2.24) is 0 Å². The van der Waals surface area contributed by atoms with Crippen molar-refractivity contribution in [3.05, 3.63) is 69.8 Å². The second-order valence-corrected chi connectivity index (χ2v) is 6.53. The van der Waals surface area contributed by atoms with E-state index in [4.69, 9.17) is 14.7 Å². The molecule has 1 unspecified atom stereocenters. The fraction of sp³-hybridized carbons (Fsp3) is 0.273. The molecule has 2 aromatic rings. The molecule has 2 aromatic carbocycles. The number of amides is 1. The Hall–Kier alpha value is -4.26. The summed E-state index contributed by atoms with van der Waals surface area (Å²) in [5.41, 5.74) is -0.436. The van der Waals surface area contributed by atoms with E-state index in [1.165, 1.54) is 11.8 Å². The van der Waals surface area contributed by atoms with Crippen LogP contribution in [0.5, 0.6) is 0 Å². The van der Waals surface area contributed by atoms with Gasteiger partial charge in [0.05, 0.1) is 35.1 Å². The zero-order chi connectivity index (χ0) is 23.7. The molecule has 0 saturated heterocycles. The number of ether oxygens (including phenoxy) is 2. The normalized spacial score (nSPS) is 11.0. The van der Waals surface area contributed by atoms with Gasteiger partial charge in [-0.1, -0.05) is 18.2 Å². The van der Waals surface area contributed by atoms with Crippen molar-refractivity contribution < 1.29 is 28.8 Å². The number of carbonyl (C=O) groups excluding carboxylic acids is 3. The highest BCUT2D eigenvalue weighted by atomic mass is 16.6. The second kappa shape index (κ2) is 11.2. The van der Waals surface area contributed by atoms with Gasteiger partial charge < -0.3 is 14.4 Å². The van der Waals surface area contributed by atoms with Crippen molar-refractivity contribution in [1.29, 1.82) is 5.26 Å². The fourth-order valence-electron chi connectivity index (χ4n) is 2.80. The van der Waals surface area contributed by atoms with E-state index in [9.17, 15) is 24.5 Å². The van der Waals surface area contributed by atoms with Crippen molar-refractivity contribution in [2.75, 3.05) is 18.1 Å². The van der Waals surface area contributed by atoms with Crippen molar-refractivity contribution in [2.24, 2.45) is 0 Å². The first-order valence-electron chi connectivity index (χ1n) is 9.69. The molecule has 1 atom stereocenters. The van der Waals surface area contributed by atoms with Gasteiger partial charge in [0.1, 0.15) is 0 Å². The van der Waals surface area contributed by atoms with Gasteiger partial charge in [-0.3, -0.25) is 14.9 Å². The summed E-state index contributed by atoms with van der Waals surface area (Å²) in [6.45, 7) is 3.06. The predicted octanol–water partition coefficient (Wildman–Crippen LogP) is 3.26. The average molecular weight is 439 g/mol. The molecule has 1 amide bonds. The number of hydrogen-bond donors (Lipinski definition) is 0. The number of carbonyl (C=O) groups is 3. The Morgan fingerprint density at radius 3 is 2.31 bits per heavy atom. The SMILES string of the molecule is CCOC(=O)c1cc(C(=O)OC(C)C(=O)N(CCC#N)c2ccccc2)cc([N+](=O)[O-])c1. The summed E-state index contributed by atoms with van der Waals surface area (Å²) < 4.78 is 10.1. The molecule has 0 fully saturated rings. The fourth-order valence-corrected chi connectivity index (χ4v) is 2.80. The van der Waals surface area contributed by atoms with Gasteiger partial charge in [-0.25, -0.2) is 9.59 Å². The average Bonchev–Trinajstić information content (AvgIpc) is 2.79. The Bertz CT molecular complexity index is 1050. The molecular formula is C22H21N3O7. The molecule has 0 heterocycles. The Balaban J connectivity index is 2.26. The minimum atomic E-state index is -1.26. The summed E-state index contributed by atoms with van der Waals surface area (Å²) in [4.78, 5) is 49.3. The van der Waals surface area contributed by atoms with Crippen LogP contribution in [0, 0.1) is 21.4 Å². The Morgan fingerprint density at radius 2 is 1.75 bits per heavy atom. The van der Waals surface area contributed by atoms with Gasteiger partial charge in [-0.2, -0.15) is 5.26 Å². The summed E-state index contributed by atoms with van der Waals surface area (Å²) in [6.07, 6.45) is -1.19. The van der Waals surface area contributed by atoms with E-state index in [-0.39, 0.29) is 30.7 Å². The van der Waals surface area contributed by atoms with E-state index in [0.29, 0.717) is 5.69 Å². The van der Waals surface area contributed by atoms with Gasteiger partial charge >= 0.3 is 11.9 Å². The third-order valence-electron chi connectivity index (χ3n) is 4.29. The van der Waals surface area contributed by atoms with Gasteiger partial charge in [-0.05, 0) is 32.0 Å². The van der Waals surface area contributed by atoms with Gasteiger partial charge in [0.2, 0.25) is 0 Å². The van der Waals surface area contributed by atoms with E-state index < -0.39 is 34.6 Å². The molecule has 0 aromatic heterocycles. The van der Waals surface area contributed by atoms with Crippen LogP contribution in [0.3, 0.4) is 0 Å². The number of esters is 2. The smallest absolute Gasteiger partial charge is 0.339 e. The number of nitro groups is 1. The van der Waals surface area contributed by atoms with Gasteiger partial charge in [0.25, 0.3) is 11.6 Å². The number of nitro benzene ring substituents is 1. The molecule has 32 heavy (non-hydrogen) atoms. The minimum Gasteiger partial charge on any atom is -0.462 e. The number of nitrogens with zero attached hydrogens (tertiary/aromatic N) is 3. The third-order valence-corrected chi connectivity index (χ3v) is 4.29. The van der Waals surface area contributed by atoms with Gasteiger partial charge in [-0.15, -0.1) is 0 Å². The van der Waals surface area contributed by atoms with Crippen LogP contribution in [0.4, 0.5) is 11.4 Å². The Labute approximate surface area is 184 Å². The van der Waals surface area contributed by atoms with Gasteiger partial charge in [0, 0.05) is 24.4 Å². The summed E-state index contributed by atoms with van der Waals surface area (Å²) in [6, 6.07) is 13.6. The maximum Gasteiger partial charge on any atom is 0.339 e. The molecule has 0 bridgehead atoms. The molecular weight excluding hydrogens is 418 g/mol. The highest BCUT2D eigenvalue weighted by Crippen LogP contribution is 2.21. The Kier molecular flexibility index (Phi) is 8.42. The molecule has 0 aliphatic carbocycles. The van der Waals surface area contributed by atoms with Crippen LogP contribution in [0.2, 0.25) is 0 Å². The molecule has 0 radical (unpaired) electrons. The molecule has 0 saturated carbocycles. The molecule has 166 valence electrons. The van der Waals surface area contributed by atoms with E-state index in [1.807, 2.05) is 6.07 Å². The molecule has 10 heteroatoms. The maximum atomic E-state index is 12.9. The van der Waals surface area contributed by atoms with Crippen LogP contribution >= 0.6 is 0 Å². The molecule has 2 rings (SSSR count). The molecule has 0 aliphatic rings. The lowest BCUT2D eigenvalue weighted by molar-refractivity contribution is -0.384. The molecule has 10 nitrogen and oxygen atoms in total. The predicted molar refractivity (Wildman–Crippen MR) is 113 cm³/mol. The maximum absolute atomic E-state index is 12.9. The lowest BCUT2D eigenvalue weighted by Crippen LogP contribution is -2.40. The quantitative estimate of drug-likeness (QED) is 0.329. The number of nitriles is 1. The first kappa shape index (κ1) is 24.0. The van der Waals surface area contributed by atoms with Crippen LogP contribution in [0.25, 0.3) is 0 Å². The summed E-state index contributed by atoms with van der Waals surface area (Å²) in [7, 11) is 0. The van der Waals surface area contributed by atoms with E-state index in [1.54, 1.807) is 37.3 Å². The van der Waals surface area contributed by atoms with Crippen LogP contribution in [0.1, 0.15) is 41.0 Å². The zero-order valence-corrected chi connectivity index (χ0v) is 17.5. The number of non-ortho nitro benzene ring substituents is 1. The van der Waals surface area contributed by atoms with Crippen LogP contribution in [-0.2, 0) is 14.3 Å². The second-order valence-electron chi connectivity index (χ2n) is 6.53. The summed E-state index contributed by atoms with van der Waals surface area (Å²) in [5, 5.41) is 20.1. The monoisotopic (exact) mass is 439 g/mol. The summed E-state index contributed by atoms with van der Waals surface area (Å²) >= 11 is 0. The Morgan fingerprint density at radius 1 is 1.12 bits per heavy atom. The van der Waals surface area contributed by atoms with Crippen LogP contribution in [0.15, 0.2) is 48.5 Å². The van der Waals surface area contributed by atoms with Crippen molar-refractivity contribution in [2.45, 2.75) is 26.4 Å². The number of hydrogen-bond acceptors (Lipinski definition) is 8. The van der Waals surface area contributed by atoms with Crippen molar-refractivity contribution >= 4 is 29.2 Å². The number of rotatable bonds is 9. The van der Waals surface area contributed by atoms with E-state index in [2.05, 4.69) is 0 Å². The van der Waals surface area contributed by atoms with Crippen molar-refractivity contribution in [3.63, 3.8) is 0 Å². The van der Waals surface area contributed by atoms with Crippen LogP contribution in [-0.4, -0.2) is 42.0 Å². The van der Waals surface area contributed by atoms with E-state index >= 15 is 0 Å². The number of benzene rings is 2. The zero-order valence-electron chi connectivity index (χ0n) is 17.5. The lowest BCUT2D eigenvalue weighted by Gasteiger charge is -2.25. The van der Waals surface area contributed by atoms with Crippen LogP contribution < -0.4 is 4.90 Å². The number of anilines is 1. The standard InChI is InChI=1S/C22H21N3O7/c1-3-31-21(27)16-12-17(14-19(13-16)25(29)30)22(28)32-15(2)20(26)24(11-7-10-23)18-8-5-4-6-9-18/h4-6,8-9,12-15H,3,7,11H2,1-2H3. The minimum absolute atomic E-state index is 0.0465. The number of para-hydroxylation sites is 1. The highest BCUT2D eigenvalue weighted by Gasteiger charge is 2.27. The summed E-state index contributed by atoms with van der Waals surface area (Å²) in [5.74, 6) is -2.43. The topological polar surface area (TPSA) is 140 Å².